The third-order valence-electron chi connectivity index (χ3n) is 7.37. The molecule has 0 aromatic heterocycles. The van der Waals surface area contributed by atoms with Crippen LogP contribution in [0.1, 0.15) is 79.4 Å². The first-order valence-electron chi connectivity index (χ1n) is 12.8. The SMILES string of the molecule is CSCCC(NC(=O)c1ccc(C(N)C(C)CC2CCCCC2)cc1-c1ccccc1C)C(=O)O. The minimum absolute atomic E-state index is 0.120. The standard InChI is InChI=1S/C29H40N2O3S/c1-19-9-7-8-12-23(19)25-18-22(27(30)20(2)17-21-10-5-4-6-11-21)13-14-24(25)28(32)31-26(29(33)34)15-16-35-3/h7-9,12-14,18,20-21,26-27H,4-6,10-11,15-17,30H2,1-3H3,(H,31,32)(H,33,34). The number of carbonyl (C=O) groups is 2. The Labute approximate surface area is 214 Å². The lowest BCUT2D eigenvalue weighted by Gasteiger charge is -2.28. The molecule has 2 aromatic rings. The van der Waals surface area contributed by atoms with Crippen molar-refractivity contribution in [1.82, 2.24) is 5.32 Å². The molecular weight excluding hydrogens is 456 g/mol. The van der Waals surface area contributed by atoms with Crippen LogP contribution in [0.3, 0.4) is 0 Å². The van der Waals surface area contributed by atoms with Gasteiger partial charge in [0.1, 0.15) is 6.04 Å². The van der Waals surface area contributed by atoms with Crippen molar-refractivity contribution in [3.05, 3.63) is 59.2 Å². The Balaban J connectivity index is 1.90. The highest BCUT2D eigenvalue weighted by molar-refractivity contribution is 7.98. The molecule has 6 heteroatoms. The van der Waals surface area contributed by atoms with E-state index < -0.39 is 12.0 Å². The number of hydrogen-bond acceptors (Lipinski definition) is 4. The van der Waals surface area contributed by atoms with Crippen molar-refractivity contribution in [1.29, 1.82) is 0 Å². The molecule has 1 saturated carbocycles. The number of aryl methyl sites for hydroxylation is 1. The third-order valence-corrected chi connectivity index (χ3v) is 8.01. The lowest BCUT2D eigenvalue weighted by Crippen LogP contribution is -2.41. The molecule has 0 spiro atoms. The van der Waals surface area contributed by atoms with Gasteiger partial charge in [0.25, 0.3) is 5.91 Å². The number of amides is 1. The second kappa shape index (κ2) is 13.1. The van der Waals surface area contributed by atoms with Crippen LogP contribution in [0.15, 0.2) is 42.5 Å². The Morgan fingerprint density at radius 1 is 1.11 bits per heavy atom. The van der Waals surface area contributed by atoms with E-state index in [0.29, 0.717) is 23.7 Å². The van der Waals surface area contributed by atoms with E-state index in [4.69, 9.17) is 5.73 Å². The fourth-order valence-electron chi connectivity index (χ4n) is 5.22. The number of hydrogen-bond donors (Lipinski definition) is 3. The second-order valence-electron chi connectivity index (χ2n) is 10.0. The molecule has 1 aliphatic carbocycles. The van der Waals surface area contributed by atoms with Crippen molar-refractivity contribution in [2.45, 2.75) is 70.9 Å². The summed E-state index contributed by atoms with van der Waals surface area (Å²) in [7, 11) is 0. The lowest BCUT2D eigenvalue weighted by molar-refractivity contribution is -0.139. The number of benzene rings is 2. The summed E-state index contributed by atoms with van der Waals surface area (Å²) in [5.74, 6) is 0.367. The Morgan fingerprint density at radius 2 is 1.83 bits per heavy atom. The van der Waals surface area contributed by atoms with E-state index in [1.54, 1.807) is 11.8 Å². The number of rotatable bonds is 11. The van der Waals surface area contributed by atoms with Gasteiger partial charge < -0.3 is 16.2 Å². The maximum Gasteiger partial charge on any atom is 0.326 e. The molecule has 1 amide bonds. The molecule has 5 nitrogen and oxygen atoms in total. The van der Waals surface area contributed by atoms with Crippen LogP contribution in [0.5, 0.6) is 0 Å². The van der Waals surface area contributed by atoms with E-state index >= 15 is 0 Å². The van der Waals surface area contributed by atoms with Gasteiger partial charge in [-0.15, -0.1) is 0 Å². The molecule has 3 unspecified atom stereocenters. The molecule has 0 radical (unpaired) electrons. The van der Waals surface area contributed by atoms with E-state index in [2.05, 4.69) is 12.2 Å². The van der Waals surface area contributed by atoms with E-state index in [1.165, 1.54) is 32.1 Å². The predicted octanol–water partition coefficient (Wildman–Crippen LogP) is 6.20. The molecule has 0 aliphatic heterocycles. The smallest absolute Gasteiger partial charge is 0.326 e. The van der Waals surface area contributed by atoms with Crippen LogP contribution in [-0.4, -0.2) is 35.0 Å². The summed E-state index contributed by atoms with van der Waals surface area (Å²) in [6, 6.07) is 12.7. The molecule has 3 rings (SSSR count). The van der Waals surface area contributed by atoms with E-state index in [1.807, 2.05) is 55.6 Å². The summed E-state index contributed by atoms with van der Waals surface area (Å²) in [5, 5.41) is 12.3. The van der Waals surface area contributed by atoms with Gasteiger partial charge in [0.05, 0.1) is 0 Å². The molecule has 1 fully saturated rings. The Hall–Kier alpha value is -2.31. The van der Waals surface area contributed by atoms with Crippen molar-refractivity contribution in [2.75, 3.05) is 12.0 Å². The van der Waals surface area contributed by atoms with Crippen molar-refractivity contribution in [3.8, 4) is 11.1 Å². The molecule has 1 aliphatic rings. The summed E-state index contributed by atoms with van der Waals surface area (Å²) in [6.45, 7) is 4.25. The summed E-state index contributed by atoms with van der Waals surface area (Å²) >= 11 is 1.56. The van der Waals surface area contributed by atoms with Gasteiger partial charge in [-0.1, -0.05) is 69.4 Å². The maximum atomic E-state index is 13.3. The van der Waals surface area contributed by atoms with Crippen LogP contribution in [0.4, 0.5) is 0 Å². The minimum atomic E-state index is -1.01. The molecular formula is C29H40N2O3S. The molecule has 3 atom stereocenters. The van der Waals surface area contributed by atoms with Gasteiger partial charge in [0, 0.05) is 11.6 Å². The number of nitrogens with one attached hydrogen (secondary N) is 1. The summed E-state index contributed by atoms with van der Waals surface area (Å²) in [4.78, 5) is 25.0. The van der Waals surface area contributed by atoms with Gasteiger partial charge in [-0.3, -0.25) is 4.79 Å². The number of carbonyl (C=O) groups excluding carboxylic acids is 1. The number of nitrogens with two attached hydrogens (primary N) is 1. The molecule has 190 valence electrons. The van der Waals surface area contributed by atoms with Gasteiger partial charge in [-0.2, -0.15) is 11.8 Å². The highest BCUT2D eigenvalue weighted by Gasteiger charge is 2.25. The number of thioether (sulfide) groups is 1. The predicted molar refractivity (Wildman–Crippen MR) is 146 cm³/mol. The average molecular weight is 497 g/mol. The zero-order valence-electron chi connectivity index (χ0n) is 21.3. The first-order valence-corrected chi connectivity index (χ1v) is 14.2. The fraction of sp³-hybridized carbons (Fsp3) is 0.517. The summed E-state index contributed by atoms with van der Waals surface area (Å²) in [6.07, 6.45) is 10.0. The van der Waals surface area contributed by atoms with Crippen molar-refractivity contribution in [2.24, 2.45) is 17.6 Å². The number of carboxylic acids is 1. The Morgan fingerprint density at radius 3 is 2.49 bits per heavy atom. The quantitative estimate of drug-likeness (QED) is 0.344. The van der Waals surface area contributed by atoms with E-state index in [9.17, 15) is 14.7 Å². The molecule has 4 N–H and O–H groups in total. The Kier molecular flexibility index (Phi) is 10.2. The summed E-state index contributed by atoms with van der Waals surface area (Å²) < 4.78 is 0. The Bertz CT molecular complexity index is 1000. The molecule has 2 aromatic carbocycles. The molecule has 35 heavy (non-hydrogen) atoms. The van der Waals surface area contributed by atoms with Crippen molar-refractivity contribution >= 4 is 23.6 Å². The molecule has 0 bridgehead atoms. The topological polar surface area (TPSA) is 92.4 Å². The zero-order valence-corrected chi connectivity index (χ0v) is 22.1. The first-order chi connectivity index (χ1) is 16.8. The van der Waals surface area contributed by atoms with Crippen LogP contribution in [-0.2, 0) is 4.79 Å². The van der Waals surface area contributed by atoms with Crippen LogP contribution >= 0.6 is 11.8 Å². The van der Waals surface area contributed by atoms with Crippen molar-refractivity contribution in [3.63, 3.8) is 0 Å². The highest BCUT2D eigenvalue weighted by Crippen LogP contribution is 2.35. The largest absolute Gasteiger partial charge is 0.480 e. The zero-order chi connectivity index (χ0) is 25.4. The first kappa shape index (κ1) is 27.3. The van der Waals surface area contributed by atoms with Gasteiger partial charge in [-0.25, -0.2) is 4.79 Å². The third kappa shape index (κ3) is 7.34. The molecule has 0 saturated heterocycles. The van der Waals surface area contributed by atoms with Crippen molar-refractivity contribution < 1.29 is 14.7 Å². The monoisotopic (exact) mass is 496 g/mol. The van der Waals surface area contributed by atoms with Gasteiger partial charge in [0.15, 0.2) is 0 Å². The van der Waals surface area contributed by atoms with Gasteiger partial charge in [-0.05, 0) is 78.0 Å². The lowest BCUT2D eigenvalue weighted by atomic mass is 9.79. The normalized spacial score (nSPS) is 16.9. The minimum Gasteiger partial charge on any atom is -0.480 e. The summed E-state index contributed by atoms with van der Waals surface area (Å²) in [5.41, 5.74) is 11.1. The highest BCUT2D eigenvalue weighted by atomic mass is 32.2. The van der Waals surface area contributed by atoms with Gasteiger partial charge in [0.2, 0.25) is 0 Å². The average Bonchev–Trinajstić information content (AvgIpc) is 2.86. The van der Waals surface area contributed by atoms with E-state index in [-0.39, 0.29) is 11.9 Å². The number of aliphatic carboxylic acids is 1. The van der Waals surface area contributed by atoms with Crippen LogP contribution < -0.4 is 11.1 Å². The maximum absolute atomic E-state index is 13.3. The van der Waals surface area contributed by atoms with Gasteiger partial charge >= 0.3 is 5.97 Å². The second-order valence-corrected chi connectivity index (χ2v) is 11.0. The van der Waals surface area contributed by atoms with Crippen LogP contribution in [0, 0.1) is 18.8 Å². The number of carboxylic acid groups (broad SMARTS) is 1. The fourth-order valence-corrected chi connectivity index (χ4v) is 5.69. The van der Waals surface area contributed by atoms with Crippen LogP contribution in [0.25, 0.3) is 11.1 Å². The van der Waals surface area contributed by atoms with Crippen LogP contribution in [0.2, 0.25) is 0 Å². The van der Waals surface area contributed by atoms with E-state index in [0.717, 1.165) is 34.6 Å². The molecule has 0 heterocycles.